The van der Waals surface area contributed by atoms with Crippen molar-refractivity contribution in [2.45, 2.75) is 19.1 Å². The molecule has 6 heteroatoms. The highest BCUT2D eigenvalue weighted by Gasteiger charge is 2.05. The molecule has 0 aliphatic heterocycles. The van der Waals surface area contributed by atoms with Gasteiger partial charge in [-0.05, 0) is 0 Å². The van der Waals surface area contributed by atoms with Gasteiger partial charge >= 0.3 is 5.97 Å². The van der Waals surface area contributed by atoms with Crippen LogP contribution in [0.1, 0.15) is 12.8 Å². The molecule has 6 nitrogen and oxygen atoms in total. The smallest absolute Gasteiger partial charge is 0.303 e. The van der Waals surface area contributed by atoms with Crippen molar-refractivity contribution in [2.24, 2.45) is 0 Å². The Kier molecular flexibility index (Phi) is 4.98. The molecule has 0 aromatic heterocycles. The molecule has 1 amide bonds. The Hall–Kier alpha value is -1.14. The molecule has 0 aromatic rings. The molecule has 0 saturated heterocycles. The second-order valence-electron chi connectivity index (χ2n) is 2.18. The van der Waals surface area contributed by atoms with Crippen LogP contribution in [0.3, 0.4) is 0 Å². The molecule has 0 spiro atoms. The zero-order valence-corrected chi connectivity index (χ0v) is 6.36. The zero-order valence-electron chi connectivity index (χ0n) is 6.36. The highest BCUT2D eigenvalue weighted by atomic mass is 16.5. The lowest BCUT2D eigenvalue weighted by Crippen LogP contribution is -2.31. The minimum absolute atomic E-state index is 0.151. The van der Waals surface area contributed by atoms with Gasteiger partial charge in [0.15, 0.2) is 6.29 Å². The molecule has 0 fully saturated rings. The van der Waals surface area contributed by atoms with Crippen LogP contribution in [0.5, 0.6) is 0 Å². The van der Waals surface area contributed by atoms with Crippen LogP contribution in [0.15, 0.2) is 0 Å². The Morgan fingerprint density at radius 3 is 2.25 bits per heavy atom. The van der Waals surface area contributed by atoms with Gasteiger partial charge in [0.2, 0.25) is 5.91 Å². The van der Waals surface area contributed by atoms with Crippen LogP contribution >= 0.6 is 0 Å². The maximum absolute atomic E-state index is 10.7. The van der Waals surface area contributed by atoms with Crippen molar-refractivity contribution in [2.75, 3.05) is 6.54 Å². The van der Waals surface area contributed by atoms with Crippen LogP contribution in [0.2, 0.25) is 0 Å². The van der Waals surface area contributed by atoms with Crippen LogP contribution in [0.4, 0.5) is 0 Å². The number of aliphatic carboxylic acids is 1. The minimum atomic E-state index is -1.60. The summed E-state index contributed by atoms with van der Waals surface area (Å²) in [6.07, 6.45) is -2.01. The Morgan fingerprint density at radius 2 is 1.83 bits per heavy atom. The van der Waals surface area contributed by atoms with Crippen molar-refractivity contribution in [3.63, 3.8) is 0 Å². The molecule has 0 radical (unpaired) electrons. The predicted octanol–water partition coefficient (Wildman–Crippen LogP) is -1.72. The zero-order chi connectivity index (χ0) is 9.56. The van der Waals surface area contributed by atoms with E-state index in [4.69, 9.17) is 15.3 Å². The van der Waals surface area contributed by atoms with E-state index in [-0.39, 0.29) is 19.4 Å². The van der Waals surface area contributed by atoms with Crippen LogP contribution in [0.25, 0.3) is 0 Å². The summed E-state index contributed by atoms with van der Waals surface area (Å²) in [5.41, 5.74) is 0. The molecule has 0 aliphatic rings. The van der Waals surface area contributed by atoms with E-state index in [1.165, 1.54) is 0 Å². The van der Waals surface area contributed by atoms with Gasteiger partial charge in [0, 0.05) is 6.42 Å². The summed E-state index contributed by atoms with van der Waals surface area (Å²) < 4.78 is 0. The molecule has 0 unspecified atom stereocenters. The third-order valence-corrected chi connectivity index (χ3v) is 1.05. The number of hydrogen-bond acceptors (Lipinski definition) is 4. The lowest BCUT2D eigenvalue weighted by Gasteiger charge is -2.04. The summed E-state index contributed by atoms with van der Waals surface area (Å²) in [4.78, 5) is 20.6. The number of aliphatic hydroxyl groups is 2. The van der Waals surface area contributed by atoms with Gasteiger partial charge in [0.1, 0.15) is 0 Å². The Balaban J connectivity index is 3.40. The fourth-order valence-electron chi connectivity index (χ4n) is 0.514. The van der Waals surface area contributed by atoms with E-state index in [0.717, 1.165) is 0 Å². The average Bonchev–Trinajstić information content (AvgIpc) is 1.96. The third kappa shape index (κ3) is 6.97. The van der Waals surface area contributed by atoms with Crippen LogP contribution in [-0.4, -0.2) is 40.0 Å². The Morgan fingerprint density at radius 1 is 1.25 bits per heavy atom. The molecule has 0 heterocycles. The van der Waals surface area contributed by atoms with E-state index in [0.29, 0.717) is 0 Å². The largest absolute Gasteiger partial charge is 0.481 e. The van der Waals surface area contributed by atoms with Crippen LogP contribution in [-0.2, 0) is 9.59 Å². The number of carbonyl (C=O) groups excluding carboxylic acids is 1. The van der Waals surface area contributed by atoms with Gasteiger partial charge in [-0.1, -0.05) is 0 Å². The Bertz CT molecular complexity index is 167. The topological polar surface area (TPSA) is 107 Å². The first-order valence-corrected chi connectivity index (χ1v) is 3.37. The minimum Gasteiger partial charge on any atom is -0.481 e. The number of rotatable bonds is 5. The van der Waals surface area contributed by atoms with Gasteiger partial charge in [-0.3, -0.25) is 9.59 Å². The van der Waals surface area contributed by atoms with E-state index in [1.54, 1.807) is 0 Å². The molecule has 0 saturated carbocycles. The van der Waals surface area contributed by atoms with Gasteiger partial charge in [0.25, 0.3) is 0 Å². The molecule has 0 rings (SSSR count). The molecule has 70 valence electrons. The molecule has 4 N–H and O–H groups in total. The molecular weight excluding hydrogens is 166 g/mol. The molecule has 0 bridgehead atoms. The lowest BCUT2D eigenvalue weighted by atomic mass is 10.3. The van der Waals surface area contributed by atoms with E-state index in [2.05, 4.69) is 5.32 Å². The number of hydrogen-bond donors (Lipinski definition) is 4. The summed E-state index contributed by atoms with van der Waals surface area (Å²) in [6.45, 7) is -0.279. The first-order chi connectivity index (χ1) is 5.52. The molecule has 0 aliphatic carbocycles. The summed E-state index contributed by atoms with van der Waals surface area (Å²) in [7, 11) is 0. The number of amides is 1. The van der Waals surface area contributed by atoms with Gasteiger partial charge in [0.05, 0.1) is 13.0 Å². The number of carboxylic acids is 1. The number of carboxylic acid groups (broad SMARTS) is 1. The highest BCUT2D eigenvalue weighted by Crippen LogP contribution is 1.87. The van der Waals surface area contributed by atoms with Crippen molar-refractivity contribution in [1.82, 2.24) is 5.32 Å². The fraction of sp³-hybridized carbons (Fsp3) is 0.667. The standard InChI is InChI=1S/C6H11NO5/c8-4(1-2-5(9)10)7-3-6(11)12/h6,11-12H,1-3H2,(H,7,8)(H,9,10). The summed E-state index contributed by atoms with van der Waals surface area (Å²) in [5.74, 6) is -1.57. The predicted molar refractivity (Wildman–Crippen MR) is 38.1 cm³/mol. The number of carbonyl (C=O) groups is 2. The number of nitrogens with one attached hydrogen (secondary N) is 1. The first kappa shape index (κ1) is 10.9. The molecule has 0 atom stereocenters. The summed E-state index contributed by atoms with van der Waals surface area (Å²) in [6, 6.07) is 0. The van der Waals surface area contributed by atoms with E-state index in [9.17, 15) is 9.59 Å². The van der Waals surface area contributed by atoms with E-state index < -0.39 is 18.2 Å². The fourth-order valence-corrected chi connectivity index (χ4v) is 0.514. The monoisotopic (exact) mass is 177 g/mol. The number of aliphatic hydroxyl groups excluding tert-OH is 1. The lowest BCUT2D eigenvalue weighted by molar-refractivity contribution is -0.139. The van der Waals surface area contributed by atoms with Gasteiger partial charge in [-0.15, -0.1) is 0 Å². The normalized spacial score (nSPS) is 9.92. The molecular formula is C6H11NO5. The second-order valence-corrected chi connectivity index (χ2v) is 2.18. The second kappa shape index (κ2) is 5.50. The molecule has 0 aromatic carbocycles. The van der Waals surface area contributed by atoms with Crippen molar-refractivity contribution >= 4 is 11.9 Å². The van der Waals surface area contributed by atoms with Crippen molar-refractivity contribution in [3.8, 4) is 0 Å². The van der Waals surface area contributed by atoms with Gasteiger partial charge < -0.3 is 20.6 Å². The van der Waals surface area contributed by atoms with E-state index in [1.807, 2.05) is 0 Å². The summed E-state index contributed by atoms with van der Waals surface area (Å²) in [5, 5.41) is 26.9. The SMILES string of the molecule is O=C(O)CCC(=O)NCC(O)O. The highest BCUT2D eigenvalue weighted by molar-refractivity contribution is 5.80. The third-order valence-electron chi connectivity index (χ3n) is 1.05. The van der Waals surface area contributed by atoms with Crippen molar-refractivity contribution in [3.05, 3.63) is 0 Å². The van der Waals surface area contributed by atoms with Crippen LogP contribution in [0, 0.1) is 0 Å². The maximum Gasteiger partial charge on any atom is 0.303 e. The summed E-state index contributed by atoms with van der Waals surface area (Å²) >= 11 is 0. The van der Waals surface area contributed by atoms with Gasteiger partial charge in [-0.25, -0.2) is 0 Å². The van der Waals surface area contributed by atoms with Crippen molar-refractivity contribution < 1.29 is 24.9 Å². The average molecular weight is 177 g/mol. The van der Waals surface area contributed by atoms with E-state index >= 15 is 0 Å². The Labute approximate surface area is 68.8 Å². The first-order valence-electron chi connectivity index (χ1n) is 3.37. The van der Waals surface area contributed by atoms with Gasteiger partial charge in [-0.2, -0.15) is 0 Å². The van der Waals surface area contributed by atoms with Crippen molar-refractivity contribution in [1.29, 1.82) is 0 Å². The maximum atomic E-state index is 10.7. The van der Waals surface area contributed by atoms with Crippen LogP contribution < -0.4 is 5.32 Å². The quantitative estimate of drug-likeness (QED) is 0.373. The molecule has 12 heavy (non-hydrogen) atoms.